The van der Waals surface area contributed by atoms with Crippen molar-refractivity contribution in [3.05, 3.63) is 170 Å². The van der Waals surface area contributed by atoms with Crippen molar-refractivity contribution in [3.8, 4) is 44.5 Å². The summed E-state index contributed by atoms with van der Waals surface area (Å²) in [5, 5.41) is 13.2. The molecule has 10 aromatic carbocycles. The van der Waals surface area contributed by atoms with E-state index in [9.17, 15) is 0 Å². The van der Waals surface area contributed by atoms with Gasteiger partial charge in [-0.25, -0.2) is 0 Å². The summed E-state index contributed by atoms with van der Waals surface area (Å²) in [6.45, 7) is 0. The summed E-state index contributed by atoms with van der Waals surface area (Å²) in [6, 6.07) is 63.8. The first-order valence-electron chi connectivity index (χ1n) is 17.7. The van der Waals surface area contributed by atoms with Gasteiger partial charge in [0, 0.05) is 9.79 Å². The van der Waals surface area contributed by atoms with Crippen LogP contribution in [0.3, 0.4) is 0 Å². The van der Waals surface area contributed by atoms with Gasteiger partial charge in [0.25, 0.3) is 0 Å². The molecule has 0 bridgehead atoms. The third-order valence-electron chi connectivity index (χ3n) is 11.5. The molecule has 0 aromatic heterocycles. The maximum Gasteiger partial charge on any atom is 0.00215 e. The van der Waals surface area contributed by atoms with Crippen LogP contribution in [0.2, 0.25) is 0 Å². The van der Waals surface area contributed by atoms with Crippen LogP contribution >= 0.6 is 10.0 Å². The molecule has 0 radical (unpaired) electrons. The minimum atomic E-state index is -1.29. The average Bonchev–Trinajstić information content (AvgIpc) is 3.41. The number of hydrogen-bond acceptors (Lipinski definition) is 0. The monoisotopic (exact) mass is 666 g/mol. The zero-order chi connectivity index (χ0) is 33.8. The summed E-state index contributed by atoms with van der Waals surface area (Å²) in [7, 11) is -1.29. The molecule has 0 saturated heterocycles. The fraction of sp³-hybridized carbons (Fsp3) is 0.0400. The molecule has 0 aliphatic carbocycles. The quantitative estimate of drug-likeness (QED) is 0.130. The summed E-state index contributed by atoms with van der Waals surface area (Å²) in [5.41, 5.74) is 10.6. The molecular weight excluding hydrogens is 633 g/mol. The Balaban J connectivity index is 1.09. The van der Waals surface area contributed by atoms with Crippen molar-refractivity contribution in [1.82, 2.24) is 0 Å². The Morgan fingerprint density at radius 3 is 1.41 bits per heavy atom. The normalized spacial score (nSPS) is 14.1. The Morgan fingerprint density at radius 1 is 0.314 bits per heavy atom. The summed E-state index contributed by atoms with van der Waals surface area (Å²) in [6.07, 6.45) is 4.98. The standard InChI is InChI=1S/C50H34S/c1-51(2)45-29-35(37-25-21-34-20-19-32-13-10-14-33-22-28-44(37)50(34)47(32)33)23-26-38(45)39-27-24-36(30-46(39)51)49-42-17-8-6-15-40(42)48(31-11-4-3-5-12-31)41-16-7-9-18-43(41)49/h3-30H,1-2H3. The van der Waals surface area contributed by atoms with Gasteiger partial charge < -0.3 is 0 Å². The smallest absolute Gasteiger partial charge is 0.00215 e. The third-order valence-corrected chi connectivity index (χ3v) is 14.3. The minimum Gasteiger partial charge on any atom is -0.192 e. The first-order chi connectivity index (χ1) is 25.1. The molecule has 0 fully saturated rings. The third kappa shape index (κ3) is 4.04. The highest BCUT2D eigenvalue weighted by Gasteiger charge is 2.33. The topological polar surface area (TPSA) is 0 Å². The largest absolute Gasteiger partial charge is 0.192 e. The van der Waals surface area contributed by atoms with Crippen LogP contribution in [0.5, 0.6) is 0 Å². The van der Waals surface area contributed by atoms with Gasteiger partial charge in [0.2, 0.25) is 0 Å². The Labute approximate surface area is 299 Å². The SMILES string of the molecule is CS1(C)c2cc(-c3c4ccccc4c(-c4ccccc4)c4ccccc34)ccc2-c2ccc(-c3ccc4ccc5cccc6ccc3c4c56)cc21. The van der Waals surface area contributed by atoms with Crippen LogP contribution in [0, 0.1) is 0 Å². The van der Waals surface area contributed by atoms with Gasteiger partial charge in [-0.15, -0.1) is 0 Å². The molecule has 0 unspecified atom stereocenters. The molecule has 1 aliphatic rings. The molecule has 1 aliphatic heterocycles. The number of rotatable bonds is 3. The van der Waals surface area contributed by atoms with Crippen molar-refractivity contribution in [2.75, 3.05) is 12.5 Å². The Hall–Kier alpha value is -5.89. The zero-order valence-electron chi connectivity index (χ0n) is 28.6. The van der Waals surface area contributed by atoms with E-state index in [4.69, 9.17) is 0 Å². The lowest BCUT2D eigenvalue weighted by Crippen LogP contribution is -1.95. The summed E-state index contributed by atoms with van der Waals surface area (Å²) in [5.74, 6) is 0. The van der Waals surface area contributed by atoms with Gasteiger partial charge in [0.05, 0.1) is 0 Å². The molecule has 1 heterocycles. The highest BCUT2D eigenvalue weighted by Crippen LogP contribution is 2.68. The Kier molecular flexibility index (Phi) is 5.98. The van der Waals surface area contributed by atoms with E-state index in [-0.39, 0.29) is 0 Å². The minimum absolute atomic E-state index is 1.26. The van der Waals surface area contributed by atoms with E-state index in [1.54, 1.807) is 0 Å². The lowest BCUT2D eigenvalue weighted by atomic mass is 9.85. The number of benzene rings is 10. The van der Waals surface area contributed by atoms with Gasteiger partial charge in [0.1, 0.15) is 0 Å². The second kappa shape index (κ2) is 10.6. The summed E-state index contributed by atoms with van der Waals surface area (Å²) in [4.78, 5) is 2.95. The van der Waals surface area contributed by atoms with Crippen LogP contribution < -0.4 is 0 Å². The van der Waals surface area contributed by atoms with Crippen LogP contribution in [0.25, 0.3) is 98.4 Å². The molecule has 0 spiro atoms. The molecule has 0 N–H and O–H groups in total. The van der Waals surface area contributed by atoms with Crippen molar-refractivity contribution in [3.63, 3.8) is 0 Å². The predicted molar refractivity (Wildman–Crippen MR) is 223 cm³/mol. The van der Waals surface area contributed by atoms with Crippen molar-refractivity contribution in [2.45, 2.75) is 9.79 Å². The lowest BCUT2D eigenvalue weighted by molar-refractivity contribution is 1.45. The molecule has 0 amide bonds. The fourth-order valence-electron chi connectivity index (χ4n) is 9.12. The first-order valence-corrected chi connectivity index (χ1v) is 20.2. The van der Waals surface area contributed by atoms with Gasteiger partial charge >= 0.3 is 0 Å². The molecule has 11 rings (SSSR count). The number of fused-ring (bicyclic) bond motifs is 5. The van der Waals surface area contributed by atoms with Crippen molar-refractivity contribution < 1.29 is 0 Å². The molecule has 0 atom stereocenters. The molecule has 0 nitrogen and oxygen atoms in total. The van der Waals surface area contributed by atoms with Crippen LogP contribution in [-0.2, 0) is 0 Å². The molecule has 1 heteroatoms. The second-order valence-electron chi connectivity index (χ2n) is 14.4. The molecule has 10 aromatic rings. The Morgan fingerprint density at radius 2 is 0.784 bits per heavy atom. The highest BCUT2D eigenvalue weighted by atomic mass is 32.3. The highest BCUT2D eigenvalue weighted by molar-refractivity contribution is 8.33. The molecule has 240 valence electrons. The van der Waals surface area contributed by atoms with E-state index in [2.05, 4.69) is 182 Å². The first kappa shape index (κ1) is 28.9. The molecule has 51 heavy (non-hydrogen) atoms. The van der Waals surface area contributed by atoms with Crippen LogP contribution in [-0.4, -0.2) is 12.5 Å². The van der Waals surface area contributed by atoms with Gasteiger partial charge in [-0.1, -0.05) is 158 Å². The van der Waals surface area contributed by atoms with Gasteiger partial charge in [0.15, 0.2) is 0 Å². The predicted octanol–water partition coefficient (Wildman–Crippen LogP) is 14.4. The van der Waals surface area contributed by atoms with E-state index >= 15 is 0 Å². The van der Waals surface area contributed by atoms with Gasteiger partial charge in [-0.05, 0) is 123 Å². The van der Waals surface area contributed by atoms with Gasteiger partial charge in [-0.2, -0.15) is 10.0 Å². The maximum atomic E-state index is 2.52. The summed E-state index contributed by atoms with van der Waals surface area (Å²) < 4.78 is 0. The molecular formula is C50H34S. The van der Waals surface area contributed by atoms with Crippen molar-refractivity contribution >= 4 is 63.9 Å². The van der Waals surface area contributed by atoms with E-state index in [0.29, 0.717) is 0 Å². The van der Waals surface area contributed by atoms with Crippen LogP contribution in [0.1, 0.15) is 0 Å². The average molecular weight is 667 g/mol. The second-order valence-corrected chi connectivity index (χ2v) is 18.0. The maximum absolute atomic E-state index is 2.52. The zero-order valence-corrected chi connectivity index (χ0v) is 29.4. The number of hydrogen-bond donors (Lipinski definition) is 0. The van der Waals surface area contributed by atoms with Crippen molar-refractivity contribution in [1.29, 1.82) is 0 Å². The Bertz CT molecular complexity index is 2970. The van der Waals surface area contributed by atoms with E-state index in [1.807, 2.05) is 0 Å². The van der Waals surface area contributed by atoms with E-state index < -0.39 is 10.0 Å². The fourth-order valence-corrected chi connectivity index (χ4v) is 11.7. The summed E-state index contributed by atoms with van der Waals surface area (Å²) >= 11 is 0. The van der Waals surface area contributed by atoms with Crippen LogP contribution in [0.4, 0.5) is 0 Å². The lowest BCUT2D eigenvalue weighted by Gasteiger charge is -2.29. The van der Waals surface area contributed by atoms with E-state index in [0.717, 1.165) is 0 Å². The molecule has 0 saturated carbocycles. The van der Waals surface area contributed by atoms with Crippen LogP contribution in [0.15, 0.2) is 180 Å². The van der Waals surface area contributed by atoms with E-state index in [1.165, 1.54) is 108 Å². The van der Waals surface area contributed by atoms with Gasteiger partial charge in [-0.3, -0.25) is 0 Å². The van der Waals surface area contributed by atoms with Crippen molar-refractivity contribution in [2.24, 2.45) is 0 Å².